The predicted molar refractivity (Wildman–Crippen MR) is 90.0 cm³/mol. The van der Waals surface area contributed by atoms with Gasteiger partial charge in [0.2, 0.25) is 11.8 Å². The Kier molecular flexibility index (Phi) is 6.30. The number of carbonyl (C=O) groups is 2. The van der Waals surface area contributed by atoms with Gasteiger partial charge in [0.05, 0.1) is 18.6 Å². The fourth-order valence-corrected chi connectivity index (χ4v) is 2.77. The molecule has 8 nitrogen and oxygen atoms in total. The number of fused-ring (bicyclic) bond motifs is 1. The summed E-state index contributed by atoms with van der Waals surface area (Å²) >= 11 is 0. The number of hydrogen-bond acceptors (Lipinski definition) is 5. The van der Waals surface area contributed by atoms with Gasteiger partial charge in [-0.3, -0.25) is 9.59 Å². The van der Waals surface area contributed by atoms with Gasteiger partial charge in [-0.15, -0.1) is 10.2 Å². The second-order valence-corrected chi connectivity index (χ2v) is 6.71. The second kappa shape index (κ2) is 8.23. The maximum Gasteiger partial charge on any atom is 0.239 e. The molecule has 0 fully saturated rings. The van der Waals surface area contributed by atoms with Crippen LogP contribution in [0.25, 0.3) is 0 Å². The van der Waals surface area contributed by atoms with Crippen LogP contribution in [-0.2, 0) is 22.6 Å². The summed E-state index contributed by atoms with van der Waals surface area (Å²) in [6.07, 6.45) is 4.34. The molecule has 1 aliphatic heterocycles. The van der Waals surface area contributed by atoms with E-state index in [1.807, 2.05) is 20.8 Å². The number of aromatic nitrogens is 3. The number of nitrogens with two attached hydrogens (primary N) is 1. The van der Waals surface area contributed by atoms with Crippen LogP contribution in [0, 0.1) is 5.92 Å². The van der Waals surface area contributed by atoms with Gasteiger partial charge in [-0.05, 0) is 25.7 Å². The first kappa shape index (κ1) is 18.4. The topological polar surface area (TPSA) is 115 Å². The normalized spacial score (nSPS) is 16.9. The number of nitrogens with one attached hydrogen (secondary N) is 2. The first-order valence-electron chi connectivity index (χ1n) is 8.64. The molecule has 24 heavy (non-hydrogen) atoms. The van der Waals surface area contributed by atoms with Crippen molar-refractivity contribution in [3.63, 3.8) is 0 Å². The van der Waals surface area contributed by atoms with E-state index in [9.17, 15) is 9.59 Å². The van der Waals surface area contributed by atoms with E-state index in [2.05, 4.69) is 25.4 Å². The average Bonchev–Trinajstić information content (AvgIpc) is 2.80. The lowest BCUT2D eigenvalue weighted by Crippen LogP contribution is -2.47. The SMILES string of the molecule is CC(C)[C@H](N)C(=O)NCC(=O)N[C@H](C)c1nnc2n1CCCCC2. The Balaban J connectivity index is 1.88. The first-order chi connectivity index (χ1) is 11.4. The Hall–Kier alpha value is -1.96. The van der Waals surface area contributed by atoms with Gasteiger partial charge in [0.15, 0.2) is 5.82 Å². The van der Waals surface area contributed by atoms with E-state index in [1.54, 1.807) is 0 Å². The van der Waals surface area contributed by atoms with Crippen LogP contribution >= 0.6 is 0 Å². The van der Waals surface area contributed by atoms with Crippen LogP contribution < -0.4 is 16.4 Å². The zero-order chi connectivity index (χ0) is 17.7. The summed E-state index contributed by atoms with van der Waals surface area (Å²) < 4.78 is 2.10. The van der Waals surface area contributed by atoms with Gasteiger partial charge in [-0.1, -0.05) is 20.3 Å². The van der Waals surface area contributed by atoms with Crippen LogP contribution in [0.2, 0.25) is 0 Å². The minimum absolute atomic E-state index is 0.0263. The number of nitrogens with zero attached hydrogens (tertiary/aromatic N) is 3. The van der Waals surface area contributed by atoms with Gasteiger partial charge in [0.25, 0.3) is 0 Å². The first-order valence-corrected chi connectivity index (χ1v) is 8.64. The van der Waals surface area contributed by atoms with Crippen LogP contribution in [0.15, 0.2) is 0 Å². The van der Waals surface area contributed by atoms with Crippen LogP contribution in [-0.4, -0.2) is 39.2 Å². The third kappa shape index (κ3) is 4.53. The van der Waals surface area contributed by atoms with Crippen molar-refractivity contribution in [2.75, 3.05) is 6.54 Å². The zero-order valence-electron chi connectivity index (χ0n) is 14.7. The Morgan fingerprint density at radius 1 is 1.21 bits per heavy atom. The van der Waals surface area contributed by atoms with Crippen LogP contribution in [0.5, 0.6) is 0 Å². The summed E-state index contributed by atoms with van der Waals surface area (Å²) in [6, 6.07) is -0.866. The van der Waals surface area contributed by atoms with Crippen molar-refractivity contribution >= 4 is 11.8 Å². The minimum atomic E-state index is -0.609. The Morgan fingerprint density at radius 3 is 2.67 bits per heavy atom. The molecule has 1 aliphatic rings. The maximum absolute atomic E-state index is 12.1. The molecule has 0 saturated heterocycles. The molecule has 2 amide bonds. The van der Waals surface area contributed by atoms with E-state index >= 15 is 0 Å². The molecule has 2 atom stereocenters. The highest BCUT2D eigenvalue weighted by molar-refractivity contribution is 5.87. The van der Waals surface area contributed by atoms with Gasteiger partial charge >= 0.3 is 0 Å². The van der Waals surface area contributed by atoms with Crippen molar-refractivity contribution in [3.8, 4) is 0 Å². The second-order valence-electron chi connectivity index (χ2n) is 6.71. The fraction of sp³-hybridized carbons (Fsp3) is 0.750. The molecule has 8 heteroatoms. The monoisotopic (exact) mass is 336 g/mol. The molecule has 0 spiro atoms. The number of carbonyl (C=O) groups excluding carboxylic acids is 2. The van der Waals surface area contributed by atoms with Crippen molar-refractivity contribution in [3.05, 3.63) is 11.6 Å². The van der Waals surface area contributed by atoms with Gasteiger partial charge in [-0.2, -0.15) is 0 Å². The molecule has 134 valence electrons. The smallest absolute Gasteiger partial charge is 0.239 e. The van der Waals surface area contributed by atoms with Crippen molar-refractivity contribution in [2.45, 2.75) is 65.1 Å². The number of rotatable bonds is 6. The van der Waals surface area contributed by atoms with Gasteiger partial charge in [-0.25, -0.2) is 0 Å². The molecule has 2 heterocycles. The average molecular weight is 336 g/mol. The Bertz CT molecular complexity index is 583. The molecule has 0 saturated carbocycles. The maximum atomic E-state index is 12.1. The standard InChI is InChI=1S/C16H28N6O2/c1-10(2)14(17)16(24)18-9-13(23)19-11(3)15-21-20-12-7-5-4-6-8-22(12)15/h10-11,14H,4-9,17H2,1-3H3,(H,18,24)(H,19,23)/t11-,14+/m1/s1. The van der Waals surface area contributed by atoms with Crippen molar-refractivity contribution in [1.29, 1.82) is 0 Å². The van der Waals surface area contributed by atoms with Crippen molar-refractivity contribution in [1.82, 2.24) is 25.4 Å². The van der Waals surface area contributed by atoms with Gasteiger partial charge in [0, 0.05) is 13.0 Å². The number of aryl methyl sites for hydroxylation is 1. The minimum Gasteiger partial charge on any atom is -0.346 e. The van der Waals surface area contributed by atoms with E-state index in [-0.39, 0.29) is 30.3 Å². The van der Waals surface area contributed by atoms with E-state index in [4.69, 9.17) is 5.73 Å². The Labute approximate surface area is 142 Å². The lowest BCUT2D eigenvalue weighted by atomic mass is 10.1. The van der Waals surface area contributed by atoms with E-state index in [1.165, 1.54) is 6.42 Å². The quantitative estimate of drug-likeness (QED) is 0.690. The summed E-state index contributed by atoms with van der Waals surface area (Å²) in [5, 5.41) is 13.9. The van der Waals surface area contributed by atoms with Crippen LogP contribution in [0.4, 0.5) is 0 Å². The van der Waals surface area contributed by atoms with E-state index < -0.39 is 6.04 Å². The molecule has 4 N–H and O–H groups in total. The highest BCUT2D eigenvalue weighted by Gasteiger charge is 2.21. The summed E-state index contributed by atoms with van der Waals surface area (Å²) in [4.78, 5) is 23.8. The summed E-state index contributed by atoms with van der Waals surface area (Å²) in [6.45, 7) is 6.40. The molecule has 1 aromatic heterocycles. The van der Waals surface area contributed by atoms with Crippen LogP contribution in [0.1, 0.15) is 57.7 Å². The van der Waals surface area contributed by atoms with Crippen molar-refractivity contribution in [2.24, 2.45) is 11.7 Å². The zero-order valence-corrected chi connectivity index (χ0v) is 14.7. The molecular weight excluding hydrogens is 308 g/mol. The Morgan fingerprint density at radius 2 is 1.96 bits per heavy atom. The van der Waals surface area contributed by atoms with E-state index in [0.29, 0.717) is 0 Å². The van der Waals surface area contributed by atoms with Crippen LogP contribution in [0.3, 0.4) is 0 Å². The van der Waals surface area contributed by atoms with E-state index in [0.717, 1.165) is 37.5 Å². The molecule has 0 bridgehead atoms. The summed E-state index contributed by atoms with van der Waals surface area (Å²) in [5.41, 5.74) is 5.75. The lowest BCUT2D eigenvalue weighted by molar-refractivity contribution is -0.127. The largest absolute Gasteiger partial charge is 0.346 e. The summed E-state index contributed by atoms with van der Waals surface area (Å²) in [5.74, 6) is 1.20. The molecule has 1 aromatic rings. The third-order valence-electron chi connectivity index (χ3n) is 4.35. The molecule has 2 rings (SSSR count). The number of amides is 2. The highest BCUT2D eigenvalue weighted by Crippen LogP contribution is 2.18. The third-order valence-corrected chi connectivity index (χ3v) is 4.35. The molecular formula is C16H28N6O2. The van der Waals surface area contributed by atoms with Gasteiger partial charge in [0.1, 0.15) is 5.82 Å². The molecule has 0 unspecified atom stereocenters. The summed E-state index contributed by atoms with van der Waals surface area (Å²) in [7, 11) is 0. The number of hydrogen-bond donors (Lipinski definition) is 3. The van der Waals surface area contributed by atoms with Crippen molar-refractivity contribution < 1.29 is 9.59 Å². The highest BCUT2D eigenvalue weighted by atomic mass is 16.2. The predicted octanol–water partition coefficient (Wildman–Crippen LogP) is 0.281. The molecule has 0 radical (unpaired) electrons. The molecule has 0 aromatic carbocycles. The fourth-order valence-electron chi connectivity index (χ4n) is 2.77. The van der Waals surface area contributed by atoms with Gasteiger partial charge < -0.3 is 20.9 Å². The lowest BCUT2D eigenvalue weighted by Gasteiger charge is -2.17. The molecule has 0 aliphatic carbocycles.